The summed E-state index contributed by atoms with van der Waals surface area (Å²) in [5.41, 5.74) is 1.12. The van der Waals surface area contributed by atoms with Crippen LogP contribution >= 0.6 is 0 Å². The normalized spacial score (nSPS) is 16.0. The van der Waals surface area contributed by atoms with Crippen molar-refractivity contribution in [3.05, 3.63) is 29.8 Å². The standard InChI is InChI=1S/C17H26N2O2/c1-3-18-11-13-19(14-12-18)17(20)10-9-15-7-5-6-8-16(15)21-4-2/h5-8H,3-4,9-14H2,1-2H3. The average Bonchev–Trinajstić information content (AvgIpc) is 2.54. The van der Waals surface area contributed by atoms with E-state index < -0.39 is 0 Å². The summed E-state index contributed by atoms with van der Waals surface area (Å²) < 4.78 is 5.61. The average molecular weight is 290 g/mol. The molecule has 0 aromatic heterocycles. The molecule has 0 radical (unpaired) electrons. The Labute approximate surface area is 127 Å². The van der Waals surface area contributed by atoms with Crippen molar-refractivity contribution < 1.29 is 9.53 Å². The fraction of sp³-hybridized carbons (Fsp3) is 0.588. The van der Waals surface area contributed by atoms with Gasteiger partial charge in [0.05, 0.1) is 6.61 Å². The van der Waals surface area contributed by atoms with E-state index in [2.05, 4.69) is 11.8 Å². The lowest BCUT2D eigenvalue weighted by Crippen LogP contribution is -2.48. The zero-order valence-corrected chi connectivity index (χ0v) is 13.2. The first kappa shape index (κ1) is 15.8. The number of benzene rings is 1. The van der Waals surface area contributed by atoms with Gasteiger partial charge in [0.2, 0.25) is 5.91 Å². The fourth-order valence-corrected chi connectivity index (χ4v) is 2.72. The van der Waals surface area contributed by atoms with Crippen LogP contribution in [0.1, 0.15) is 25.8 Å². The number of nitrogens with zero attached hydrogens (tertiary/aromatic N) is 2. The topological polar surface area (TPSA) is 32.8 Å². The van der Waals surface area contributed by atoms with Crippen LogP contribution in [0.15, 0.2) is 24.3 Å². The van der Waals surface area contributed by atoms with Gasteiger partial charge >= 0.3 is 0 Å². The zero-order chi connectivity index (χ0) is 15.1. The number of rotatable bonds is 6. The lowest BCUT2D eigenvalue weighted by molar-refractivity contribution is -0.132. The quantitative estimate of drug-likeness (QED) is 0.805. The second kappa shape index (κ2) is 8.03. The van der Waals surface area contributed by atoms with Gasteiger partial charge in [-0.15, -0.1) is 0 Å². The number of piperazine rings is 1. The van der Waals surface area contributed by atoms with Gasteiger partial charge in [-0.2, -0.15) is 0 Å². The highest BCUT2D eigenvalue weighted by atomic mass is 16.5. The summed E-state index contributed by atoms with van der Waals surface area (Å²) in [4.78, 5) is 16.7. The van der Waals surface area contributed by atoms with Crippen molar-refractivity contribution in [3.8, 4) is 5.75 Å². The minimum absolute atomic E-state index is 0.261. The molecule has 0 spiro atoms. The summed E-state index contributed by atoms with van der Waals surface area (Å²) >= 11 is 0. The lowest BCUT2D eigenvalue weighted by atomic mass is 10.1. The molecule has 2 rings (SSSR count). The molecule has 1 aliphatic rings. The molecule has 0 aliphatic carbocycles. The molecule has 1 amide bonds. The van der Waals surface area contributed by atoms with Gasteiger partial charge in [0.25, 0.3) is 0 Å². The van der Waals surface area contributed by atoms with Gasteiger partial charge in [-0.3, -0.25) is 4.79 Å². The van der Waals surface area contributed by atoms with Gasteiger partial charge in [0.15, 0.2) is 0 Å². The second-order valence-electron chi connectivity index (χ2n) is 5.36. The summed E-state index contributed by atoms with van der Waals surface area (Å²) in [6.45, 7) is 9.60. The van der Waals surface area contributed by atoms with E-state index in [0.29, 0.717) is 13.0 Å². The number of carbonyl (C=O) groups is 1. The van der Waals surface area contributed by atoms with Crippen LogP contribution in [0.4, 0.5) is 0 Å². The minimum atomic E-state index is 0.261. The van der Waals surface area contributed by atoms with Crippen molar-refractivity contribution in [2.75, 3.05) is 39.3 Å². The highest BCUT2D eigenvalue weighted by Gasteiger charge is 2.20. The molecule has 116 valence electrons. The molecule has 0 atom stereocenters. The van der Waals surface area contributed by atoms with Crippen LogP contribution in [0.2, 0.25) is 0 Å². The first-order valence-electron chi connectivity index (χ1n) is 7.95. The molecule has 1 aromatic rings. The minimum Gasteiger partial charge on any atom is -0.494 e. The molecule has 1 aromatic carbocycles. The maximum Gasteiger partial charge on any atom is 0.222 e. The van der Waals surface area contributed by atoms with Crippen LogP contribution in [0, 0.1) is 0 Å². The van der Waals surface area contributed by atoms with E-state index in [9.17, 15) is 4.79 Å². The first-order chi connectivity index (χ1) is 10.2. The van der Waals surface area contributed by atoms with Crippen LogP contribution in [0.5, 0.6) is 5.75 Å². The molecule has 0 saturated carbocycles. The molecule has 0 N–H and O–H groups in total. The molecule has 1 fully saturated rings. The van der Waals surface area contributed by atoms with Crippen LogP contribution < -0.4 is 4.74 Å². The third-order valence-corrected chi connectivity index (χ3v) is 4.05. The van der Waals surface area contributed by atoms with E-state index in [1.54, 1.807) is 0 Å². The zero-order valence-electron chi connectivity index (χ0n) is 13.2. The van der Waals surface area contributed by atoms with Crippen molar-refractivity contribution in [1.82, 2.24) is 9.80 Å². The number of para-hydroxylation sites is 1. The molecule has 1 heterocycles. The number of carbonyl (C=O) groups excluding carboxylic acids is 1. The molecular formula is C17H26N2O2. The molecule has 0 unspecified atom stereocenters. The molecule has 1 saturated heterocycles. The summed E-state index contributed by atoms with van der Waals surface area (Å²) in [5, 5.41) is 0. The van der Waals surface area contributed by atoms with Gasteiger partial charge < -0.3 is 14.5 Å². The Morgan fingerprint density at radius 1 is 1.14 bits per heavy atom. The second-order valence-corrected chi connectivity index (χ2v) is 5.36. The summed E-state index contributed by atoms with van der Waals surface area (Å²) in [6.07, 6.45) is 1.32. The maximum atomic E-state index is 12.3. The van der Waals surface area contributed by atoms with E-state index in [0.717, 1.165) is 50.5 Å². The summed E-state index contributed by atoms with van der Waals surface area (Å²) in [5.74, 6) is 1.17. The third kappa shape index (κ3) is 4.46. The Balaban J connectivity index is 1.84. The van der Waals surface area contributed by atoms with Crippen LogP contribution in [0.25, 0.3) is 0 Å². The Kier molecular flexibility index (Phi) is 6.05. The smallest absolute Gasteiger partial charge is 0.222 e. The van der Waals surface area contributed by atoms with Crippen molar-refractivity contribution in [2.45, 2.75) is 26.7 Å². The van der Waals surface area contributed by atoms with E-state index in [1.807, 2.05) is 36.1 Å². The van der Waals surface area contributed by atoms with E-state index >= 15 is 0 Å². The Morgan fingerprint density at radius 2 is 1.86 bits per heavy atom. The van der Waals surface area contributed by atoms with Crippen molar-refractivity contribution in [2.24, 2.45) is 0 Å². The van der Waals surface area contributed by atoms with Gasteiger partial charge in [-0.1, -0.05) is 25.1 Å². The fourth-order valence-electron chi connectivity index (χ4n) is 2.72. The number of ether oxygens (including phenoxy) is 1. The number of hydrogen-bond donors (Lipinski definition) is 0. The molecule has 0 bridgehead atoms. The largest absolute Gasteiger partial charge is 0.494 e. The molecular weight excluding hydrogens is 264 g/mol. The molecule has 4 nitrogen and oxygen atoms in total. The summed E-state index contributed by atoms with van der Waals surface area (Å²) in [7, 11) is 0. The van der Waals surface area contributed by atoms with Gasteiger partial charge in [0, 0.05) is 32.6 Å². The Morgan fingerprint density at radius 3 is 2.52 bits per heavy atom. The maximum absolute atomic E-state index is 12.3. The number of likely N-dealkylation sites (N-methyl/N-ethyl adjacent to an activating group) is 1. The predicted molar refractivity (Wildman–Crippen MR) is 84.6 cm³/mol. The molecule has 21 heavy (non-hydrogen) atoms. The monoisotopic (exact) mass is 290 g/mol. The highest BCUT2D eigenvalue weighted by Crippen LogP contribution is 2.20. The SMILES string of the molecule is CCOc1ccccc1CCC(=O)N1CCN(CC)CC1. The first-order valence-corrected chi connectivity index (χ1v) is 7.95. The van der Waals surface area contributed by atoms with Crippen LogP contribution in [-0.2, 0) is 11.2 Å². The van der Waals surface area contributed by atoms with Crippen molar-refractivity contribution in [3.63, 3.8) is 0 Å². The van der Waals surface area contributed by atoms with Crippen molar-refractivity contribution >= 4 is 5.91 Å². The van der Waals surface area contributed by atoms with E-state index in [4.69, 9.17) is 4.74 Å². The number of aryl methyl sites for hydroxylation is 1. The Bertz CT molecular complexity index is 454. The van der Waals surface area contributed by atoms with Crippen molar-refractivity contribution in [1.29, 1.82) is 0 Å². The Hall–Kier alpha value is -1.55. The summed E-state index contributed by atoms with van der Waals surface area (Å²) in [6, 6.07) is 8.00. The number of hydrogen-bond acceptors (Lipinski definition) is 3. The molecule has 4 heteroatoms. The van der Waals surface area contributed by atoms with Crippen LogP contribution in [0.3, 0.4) is 0 Å². The predicted octanol–water partition coefficient (Wildman–Crippen LogP) is 2.18. The van der Waals surface area contributed by atoms with E-state index in [-0.39, 0.29) is 5.91 Å². The van der Waals surface area contributed by atoms with Gasteiger partial charge in [-0.05, 0) is 31.5 Å². The van der Waals surface area contributed by atoms with Gasteiger partial charge in [0.1, 0.15) is 5.75 Å². The van der Waals surface area contributed by atoms with E-state index in [1.165, 1.54) is 0 Å². The van der Waals surface area contributed by atoms with Gasteiger partial charge in [-0.25, -0.2) is 0 Å². The highest BCUT2D eigenvalue weighted by molar-refractivity contribution is 5.76. The number of amides is 1. The van der Waals surface area contributed by atoms with Crippen LogP contribution in [-0.4, -0.2) is 55.0 Å². The lowest BCUT2D eigenvalue weighted by Gasteiger charge is -2.34. The third-order valence-electron chi connectivity index (χ3n) is 4.05. The molecule has 1 aliphatic heterocycles.